The second kappa shape index (κ2) is 8.05. The van der Waals surface area contributed by atoms with Gasteiger partial charge in [-0.15, -0.1) is 0 Å². The van der Waals surface area contributed by atoms with E-state index in [9.17, 15) is 0 Å². The SMILES string of the molecule is N#CCOc1ccc(N2CCN(Cc3ccccc3)CC2)c(Cl)c1. The molecular formula is C19H20ClN3O. The lowest BCUT2D eigenvalue weighted by Crippen LogP contribution is -2.46. The Morgan fingerprint density at radius 2 is 1.79 bits per heavy atom. The molecule has 0 unspecified atom stereocenters. The first-order valence-electron chi connectivity index (χ1n) is 8.07. The van der Waals surface area contributed by atoms with Crippen molar-refractivity contribution in [2.45, 2.75) is 6.54 Å². The Labute approximate surface area is 147 Å². The number of nitriles is 1. The molecule has 0 atom stereocenters. The average molecular weight is 342 g/mol. The third-order valence-corrected chi connectivity index (χ3v) is 4.49. The molecule has 1 fully saturated rings. The monoisotopic (exact) mass is 341 g/mol. The van der Waals surface area contributed by atoms with Crippen LogP contribution in [0.2, 0.25) is 5.02 Å². The summed E-state index contributed by atoms with van der Waals surface area (Å²) in [6, 6.07) is 18.1. The second-order valence-corrected chi connectivity index (χ2v) is 6.22. The Kier molecular flexibility index (Phi) is 5.58. The number of halogens is 1. The van der Waals surface area contributed by atoms with E-state index in [1.165, 1.54) is 5.56 Å². The molecular weight excluding hydrogens is 322 g/mol. The molecule has 5 heteroatoms. The fraction of sp³-hybridized carbons (Fsp3) is 0.316. The Hall–Kier alpha value is -2.22. The van der Waals surface area contributed by atoms with Crippen LogP contribution in [0.3, 0.4) is 0 Å². The predicted molar refractivity (Wildman–Crippen MR) is 96.5 cm³/mol. The standard InChI is InChI=1S/C19H20ClN3O/c20-18-14-17(24-13-8-21)6-7-19(18)23-11-9-22(10-12-23)15-16-4-2-1-3-5-16/h1-7,14H,9-13,15H2. The Morgan fingerprint density at radius 1 is 1.04 bits per heavy atom. The van der Waals surface area contributed by atoms with E-state index in [4.69, 9.17) is 21.6 Å². The van der Waals surface area contributed by atoms with Gasteiger partial charge in [0.25, 0.3) is 0 Å². The van der Waals surface area contributed by atoms with Crippen molar-refractivity contribution in [2.75, 3.05) is 37.7 Å². The zero-order valence-corrected chi connectivity index (χ0v) is 14.2. The van der Waals surface area contributed by atoms with Gasteiger partial charge in [-0.3, -0.25) is 4.90 Å². The van der Waals surface area contributed by atoms with E-state index in [0.29, 0.717) is 10.8 Å². The summed E-state index contributed by atoms with van der Waals surface area (Å²) < 4.78 is 5.29. The molecule has 1 aliphatic heterocycles. The van der Waals surface area contributed by atoms with Gasteiger partial charge >= 0.3 is 0 Å². The summed E-state index contributed by atoms with van der Waals surface area (Å²) in [5, 5.41) is 9.23. The highest BCUT2D eigenvalue weighted by Crippen LogP contribution is 2.30. The fourth-order valence-corrected chi connectivity index (χ4v) is 3.23. The number of anilines is 1. The molecule has 0 bridgehead atoms. The van der Waals surface area contributed by atoms with Gasteiger partial charge in [-0.1, -0.05) is 41.9 Å². The molecule has 0 N–H and O–H groups in total. The Bertz CT molecular complexity index is 706. The minimum atomic E-state index is 0.0356. The number of hydrogen-bond donors (Lipinski definition) is 0. The van der Waals surface area contributed by atoms with Gasteiger partial charge < -0.3 is 9.64 Å². The minimum Gasteiger partial charge on any atom is -0.479 e. The van der Waals surface area contributed by atoms with Crippen LogP contribution in [0.5, 0.6) is 5.75 Å². The van der Waals surface area contributed by atoms with E-state index in [-0.39, 0.29) is 6.61 Å². The quantitative estimate of drug-likeness (QED) is 0.833. The molecule has 4 nitrogen and oxygen atoms in total. The summed E-state index contributed by atoms with van der Waals surface area (Å²) >= 11 is 6.39. The van der Waals surface area contributed by atoms with Gasteiger partial charge in [0, 0.05) is 38.8 Å². The maximum atomic E-state index is 8.57. The van der Waals surface area contributed by atoms with Crippen molar-refractivity contribution < 1.29 is 4.74 Å². The molecule has 24 heavy (non-hydrogen) atoms. The van der Waals surface area contributed by atoms with E-state index in [2.05, 4.69) is 34.1 Å². The van der Waals surface area contributed by atoms with Crippen molar-refractivity contribution in [3.63, 3.8) is 0 Å². The number of nitrogens with zero attached hydrogens (tertiary/aromatic N) is 3. The molecule has 0 aromatic heterocycles. The molecule has 2 aromatic rings. The van der Waals surface area contributed by atoms with Crippen molar-refractivity contribution in [3.8, 4) is 11.8 Å². The highest BCUT2D eigenvalue weighted by atomic mass is 35.5. The van der Waals surface area contributed by atoms with Crippen molar-refractivity contribution in [1.82, 2.24) is 4.90 Å². The molecule has 2 aromatic carbocycles. The summed E-state index contributed by atoms with van der Waals surface area (Å²) in [7, 11) is 0. The maximum Gasteiger partial charge on any atom is 0.174 e. The highest BCUT2D eigenvalue weighted by Gasteiger charge is 2.19. The number of benzene rings is 2. The van der Waals surface area contributed by atoms with Crippen LogP contribution in [0, 0.1) is 11.3 Å². The van der Waals surface area contributed by atoms with E-state index in [0.717, 1.165) is 38.4 Å². The maximum absolute atomic E-state index is 8.57. The van der Waals surface area contributed by atoms with Crippen LogP contribution in [-0.2, 0) is 6.54 Å². The first-order chi connectivity index (χ1) is 11.8. The summed E-state index contributed by atoms with van der Waals surface area (Å²) in [5.74, 6) is 0.632. The van der Waals surface area contributed by atoms with Gasteiger partial charge in [0.15, 0.2) is 6.61 Å². The van der Waals surface area contributed by atoms with Gasteiger partial charge in [0.05, 0.1) is 10.7 Å². The van der Waals surface area contributed by atoms with E-state index < -0.39 is 0 Å². The zero-order valence-electron chi connectivity index (χ0n) is 13.5. The predicted octanol–water partition coefficient (Wildman–Crippen LogP) is 3.56. The van der Waals surface area contributed by atoms with Gasteiger partial charge in [0.1, 0.15) is 11.8 Å². The van der Waals surface area contributed by atoms with Crippen molar-refractivity contribution in [3.05, 3.63) is 59.1 Å². The van der Waals surface area contributed by atoms with Crippen LogP contribution in [0.25, 0.3) is 0 Å². The number of rotatable bonds is 5. The lowest BCUT2D eigenvalue weighted by Gasteiger charge is -2.36. The van der Waals surface area contributed by atoms with Crippen LogP contribution >= 0.6 is 11.6 Å². The molecule has 1 aliphatic rings. The second-order valence-electron chi connectivity index (χ2n) is 5.81. The highest BCUT2D eigenvalue weighted by molar-refractivity contribution is 6.33. The molecule has 0 saturated carbocycles. The van der Waals surface area contributed by atoms with Crippen LogP contribution < -0.4 is 9.64 Å². The normalized spacial score (nSPS) is 15.1. The lowest BCUT2D eigenvalue weighted by molar-refractivity contribution is 0.250. The Balaban J connectivity index is 1.57. The summed E-state index contributed by atoms with van der Waals surface area (Å²) in [4.78, 5) is 4.77. The van der Waals surface area contributed by atoms with Gasteiger partial charge in [-0.05, 0) is 17.7 Å². The Morgan fingerprint density at radius 3 is 2.46 bits per heavy atom. The molecule has 124 valence electrons. The molecule has 0 radical (unpaired) electrons. The zero-order chi connectivity index (χ0) is 16.8. The number of piperazine rings is 1. The van der Waals surface area contributed by atoms with Gasteiger partial charge in [0.2, 0.25) is 0 Å². The van der Waals surface area contributed by atoms with Crippen LogP contribution in [0.1, 0.15) is 5.56 Å². The van der Waals surface area contributed by atoms with E-state index in [1.807, 2.05) is 24.3 Å². The first-order valence-corrected chi connectivity index (χ1v) is 8.44. The third kappa shape index (κ3) is 4.19. The van der Waals surface area contributed by atoms with E-state index in [1.54, 1.807) is 6.07 Å². The van der Waals surface area contributed by atoms with Crippen molar-refractivity contribution in [2.24, 2.45) is 0 Å². The summed E-state index contributed by atoms with van der Waals surface area (Å²) in [5.41, 5.74) is 2.38. The first kappa shape index (κ1) is 16.6. The van der Waals surface area contributed by atoms with E-state index >= 15 is 0 Å². The minimum absolute atomic E-state index is 0.0356. The molecule has 3 rings (SSSR count). The van der Waals surface area contributed by atoms with Crippen LogP contribution in [0.15, 0.2) is 48.5 Å². The van der Waals surface area contributed by atoms with Gasteiger partial charge in [-0.25, -0.2) is 0 Å². The third-order valence-electron chi connectivity index (χ3n) is 4.18. The molecule has 0 spiro atoms. The lowest BCUT2D eigenvalue weighted by atomic mass is 10.2. The van der Waals surface area contributed by atoms with Crippen molar-refractivity contribution >= 4 is 17.3 Å². The molecule has 1 heterocycles. The molecule has 0 aliphatic carbocycles. The van der Waals surface area contributed by atoms with Crippen LogP contribution in [0.4, 0.5) is 5.69 Å². The largest absolute Gasteiger partial charge is 0.479 e. The fourth-order valence-electron chi connectivity index (χ4n) is 2.94. The summed E-state index contributed by atoms with van der Waals surface area (Å²) in [6.07, 6.45) is 0. The van der Waals surface area contributed by atoms with Crippen LogP contribution in [-0.4, -0.2) is 37.7 Å². The number of ether oxygens (including phenoxy) is 1. The van der Waals surface area contributed by atoms with Crippen molar-refractivity contribution in [1.29, 1.82) is 5.26 Å². The van der Waals surface area contributed by atoms with Gasteiger partial charge in [-0.2, -0.15) is 5.26 Å². The number of hydrogen-bond acceptors (Lipinski definition) is 4. The topological polar surface area (TPSA) is 39.5 Å². The molecule has 0 amide bonds. The molecule has 1 saturated heterocycles. The smallest absolute Gasteiger partial charge is 0.174 e. The summed E-state index contributed by atoms with van der Waals surface area (Å²) in [6.45, 7) is 4.95. The average Bonchev–Trinajstić information content (AvgIpc) is 2.62.